The van der Waals surface area contributed by atoms with Crippen LogP contribution in [-0.2, 0) is 14.4 Å². The molecule has 0 aliphatic carbocycles. The summed E-state index contributed by atoms with van der Waals surface area (Å²) in [4.78, 5) is 31.7. The third-order valence-corrected chi connectivity index (χ3v) is 1.04. The number of allylic oxidation sites excluding steroid dienone is 1. The molecule has 1 amide bonds. The fourth-order valence-electron chi connectivity index (χ4n) is 0.451. The lowest BCUT2D eigenvalue weighted by atomic mass is 10.4. The van der Waals surface area contributed by atoms with E-state index in [1.165, 1.54) is 11.9 Å². The Balaban J connectivity index is 3.91. The first-order valence-corrected chi connectivity index (χ1v) is 3.03. The maximum atomic E-state index is 10.8. The minimum atomic E-state index is -0.357. The van der Waals surface area contributed by atoms with Crippen molar-refractivity contribution in [3.8, 4) is 0 Å². The van der Waals surface area contributed by atoms with Crippen LogP contribution in [0, 0.1) is 0 Å². The van der Waals surface area contributed by atoms with Crippen LogP contribution in [0.15, 0.2) is 12.2 Å². The van der Waals surface area contributed by atoms with Crippen molar-refractivity contribution in [1.29, 1.82) is 0 Å². The smallest absolute Gasteiger partial charge is 0.246 e. The summed E-state index contributed by atoms with van der Waals surface area (Å²) in [6.07, 6.45) is 3.32. The number of rotatable bonds is 4. The normalized spacial score (nSPS) is 9.55. The summed E-state index contributed by atoms with van der Waals surface area (Å²) in [7, 11) is 1.48. The summed E-state index contributed by atoms with van der Waals surface area (Å²) in [6, 6.07) is 0. The second-order valence-corrected chi connectivity index (χ2v) is 1.88. The van der Waals surface area contributed by atoms with Gasteiger partial charge in [0.1, 0.15) is 12.6 Å². The molecule has 0 aliphatic rings. The van der Waals surface area contributed by atoms with E-state index in [9.17, 15) is 14.4 Å². The zero-order chi connectivity index (χ0) is 8.69. The van der Waals surface area contributed by atoms with Crippen LogP contribution in [0.1, 0.15) is 0 Å². The molecule has 60 valence electrons. The Morgan fingerprint density at radius 1 is 1.45 bits per heavy atom. The highest BCUT2D eigenvalue weighted by molar-refractivity contribution is 5.91. The highest BCUT2D eigenvalue weighted by Crippen LogP contribution is 1.83. The van der Waals surface area contributed by atoms with Crippen LogP contribution in [0.3, 0.4) is 0 Å². The maximum absolute atomic E-state index is 10.8. The van der Waals surface area contributed by atoms with Crippen LogP contribution < -0.4 is 0 Å². The van der Waals surface area contributed by atoms with Crippen molar-refractivity contribution in [1.82, 2.24) is 4.90 Å². The highest BCUT2D eigenvalue weighted by atomic mass is 16.2. The first-order valence-electron chi connectivity index (χ1n) is 3.03. The van der Waals surface area contributed by atoms with Gasteiger partial charge in [0.15, 0.2) is 0 Å². The van der Waals surface area contributed by atoms with Gasteiger partial charge in [-0.15, -0.1) is 0 Å². The number of amides is 1. The fraction of sp³-hybridized carbons (Fsp3) is 0.286. The first-order chi connectivity index (χ1) is 5.22. The van der Waals surface area contributed by atoms with Gasteiger partial charge in [0.2, 0.25) is 5.91 Å². The third kappa shape index (κ3) is 4.02. The van der Waals surface area contributed by atoms with Crippen LogP contribution in [0.5, 0.6) is 0 Å². The molecule has 0 saturated heterocycles. The van der Waals surface area contributed by atoms with Crippen LogP contribution in [0.2, 0.25) is 0 Å². The van der Waals surface area contributed by atoms with Gasteiger partial charge < -0.3 is 9.69 Å². The van der Waals surface area contributed by atoms with E-state index in [1.807, 2.05) is 0 Å². The summed E-state index contributed by atoms with van der Waals surface area (Å²) in [6.45, 7) is 0.0437. The lowest BCUT2D eigenvalue weighted by molar-refractivity contribution is -0.127. The van der Waals surface area contributed by atoms with Crippen LogP contribution >= 0.6 is 0 Å². The molecular formula is C7H9NO3. The quantitative estimate of drug-likeness (QED) is 0.402. The van der Waals surface area contributed by atoms with Gasteiger partial charge in [0, 0.05) is 13.1 Å². The molecule has 0 saturated carbocycles. The average Bonchev–Trinajstić information content (AvgIpc) is 2.00. The summed E-state index contributed by atoms with van der Waals surface area (Å²) in [5.41, 5.74) is 0. The molecule has 0 aromatic heterocycles. The molecule has 0 aromatic rings. The van der Waals surface area contributed by atoms with Crippen LogP contribution in [0.4, 0.5) is 0 Å². The molecule has 0 atom stereocenters. The molecule has 0 aliphatic heterocycles. The van der Waals surface area contributed by atoms with Gasteiger partial charge in [-0.25, -0.2) is 0 Å². The van der Waals surface area contributed by atoms with E-state index in [0.29, 0.717) is 12.6 Å². The number of hydrogen-bond acceptors (Lipinski definition) is 3. The molecule has 4 heteroatoms. The number of nitrogens with zero attached hydrogens (tertiary/aromatic N) is 1. The summed E-state index contributed by atoms with van der Waals surface area (Å²) < 4.78 is 0. The van der Waals surface area contributed by atoms with E-state index < -0.39 is 0 Å². The van der Waals surface area contributed by atoms with Gasteiger partial charge in [-0.3, -0.25) is 9.59 Å². The van der Waals surface area contributed by atoms with Crippen molar-refractivity contribution in [2.45, 2.75) is 0 Å². The van der Waals surface area contributed by atoms with Gasteiger partial charge >= 0.3 is 0 Å². The topological polar surface area (TPSA) is 54.5 Å². The van der Waals surface area contributed by atoms with E-state index in [4.69, 9.17) is 0 Å². The van der Waals surface area contributed by atoms with Gasteiger partial charge in [0.05, 0.1) is 6.54 Å². The maximum Gasteiger partial charge on any atom is 0.246 e. The van der Waals surface area contributed by atoms with Crippen molar-refractivity contribution in [2.24, 2.45) is 0 Å². The lowest BCUT2D eigenvalue weighted by Crippen LogP contribution is -2.26. The minimum Gasteiger partial charge on any atom is -0.335 e. The van der Waals surface area contributed by atoms with Crippen LogP contribution in [0.25, 0.3) is 0 Å². The predicted molar refractivity (Wildman–Crippen MR) is 38.9 cm³/mol. The monoisotopic (exact) mass is 155 g/mol. The van der Waals surface area contributed by atoms with E-state index in [1.54, 1.807) is 0 Å². The Bertz CT molecular complexity index is 186. The molecule has 0 heterocycles. The molecule has 11 heavy (non-hydrogen) atoms. The van der Waals surface area contributed by atoms with E-state index in [2.05, 4.69) is 0 Å². The highest BCUT2D eigenvalue weighted by Gasteiger charge is 2.01. The minimum absolute atomic E-state index is 0.0437. The number of hydrogen-bond donors (Lipinski definition) is 0. The second kappa shape index (κ2) is 5.34. The van der Waals surface area contributed by atoms with Gasteiger partial charge in [-0.1, -0.05) is 0 Å². The Morgan fingerprint density at radius 3 is 2.55 bits per heavy atom. The number of carbonyl (C=O) groups is 3. The van der Waals surface area contributed by atoms with E-state index >= 15 is 0 Å². The zero-order valence-electron chi connectivity index (χ0n) is 6.19. The molecule has 0 bridgehead atoms. The van der Waals surface area contributed by atoms with Gasteiger partial charge in [0.25, 0.3) is 0 Å². The third-order valence-electron chi connectivity index (χ3n) is 1.04. The van der Waals surface area contributed by atoms with Crippen molar-refractivity contribution in [3.63, 3.8) is 0 Å². The Hall–Kier alpha value is -1.45. The SMILES string of the molecule is CN(CC=O)C(=O)/C=C\C=O. The molecule has 0 spiro atoms. The lowest BCUT2D eigenvalue weighted by Gasteiger charge is -2.09. The van der Waals surface area contributed by atoms with Crippen molar-refractivity contribution in [2.75, 3.05) is 13.6 Å². The molecule has 0 N–H and O–H groups in total. The van der Waals surface area contributed by atoms with Gasteiger partial charge in [-0.2, -0.15) is 0 Å². The van der Waals surface area contributed by atoms with Gasteiger partial charge in [-0.05, 0) is 6.08 Å². The summed E-state index contributed by atoms with van der Waals surface area (Å²) in [5.74, 6) is -0.357. The molecule has 4 nitrogen and oxygen atoms in total. The largest absolute Gasteiger partial charge is 0.335 e. The first kappa shape index (κ1) is 9.55. The van der Waals surface area contributed by atoms with E-state index in [-0.39, 0.29) is 12.5 Å². The molecular weight excluding hydrogens is 146 g/mol. The zero-order valence-corrected chi connectivity index (χ0v) is 6.19. The number of aldehydes is 2. The van der Waals surface area contributed by atoms with Crippen molar-refractivity contribution in [3.05, 3.63) is 12.2 Å². The summed E-state index contributed by atoms with van der Waals surface area (Å²) >= 11 is 0. The molecule has 0 radical (unpaired) electrons. The molecule has 0 rings (SSSR count). The second-order valence-electron chi connectivity index (χ2n) is 1.88. The Morgan fingerprint density at radius 2 is 2.09 bits per heavy atom. The fourth-order valence-corrected chi connectivity index (χ4v) is 0.451. The number of carbonyl (C=O) groups excluding carboxylic acids is 3. The van der Waals surface area contributed by atoms with Crippen LogP contribution in [-0.4, -0.2) is 37.0 Å². The standard InChI is InChI=1S/C7H9NO3/c1-8(4-6-10)7(11)3-2-5-9/h2-3,5-6H,4H2,1H3/b3-2-. The Labute approximate surface area is 64.5 Å². The molecule has 0 unspecified atom stereocenters. The van der Waals surface area contributed by atoms with Crippen molar-refractivity contribution < 1.29 is 14.4 Å². The number of likely N-dealkylation sites (N-methyl/N-ethyl adjacent to an activating group) is 1. The average molecular weight is 155 g/mol. The predicted octanol–water partition coefficient (Wildman–Crippen LogP) is -0.601. The van der Waals surface area contributed by atoms with Crippen molar-refractivity contribution >= 4 is 18.5 Å². The summed E-state index contributed by atoms with van der Waals surface area (Å²) in [5, 5.41) is 0. The molecule has 0 aromatic carbocycles. The molecule has 0 fully saturated rings. The Kier molecular flexibility index (Phi) is 4.64. The van der Waals surface area contributed by atoms with E-state index in [0.717, 1.165) is 12.2 Å².